The van der Waals surface area contributed by atoms with Gasteiger partial charge in [0.1, 0.15) is 6.61 Å². The first-order valence-electron chi connectivity index (χ1n) is 6.10. The summed E-state index contributed by atoms with van der Waals surface area (Å²) < 4.78 is 0. The van der Waals surface area contributed by atoms with Crippen LogP contribution in [0.25, 0.3) is 0 Å². The first-order chi connectivity index (χ1) is 7.90. The zero-order valence-electron chi connectivity index (χ0n) is 9.58. The predicted molar refractivity (Wildman–Crippen MR) is 66.2 cm³/mol. The Balaban J connectivity index is 2.06. The number of aliphatic hydroxyl groups is 1. The summed E-state index contributed by atoms with van der Waals surface area (Å²) in [6.07, 6.45) is 6.81. The Labute approximate surface area is 97.5 Å². The fraction of sp³-hybridized carbons (Fsp3) is 0.467. The van der Waals surface area contributed by atoms with Crippen LogP contribution in [0, 0.1) is 11.8 Å². The molecule has 84 valence electrons. The van der Waals surface area contributed by atoms with Gasteiger partial charge >= 0.3 is 0 Å². The van der Waals surface area contributed by atoms with Gasteiger partial charge in [0.05, 0.1) is 0 Å². The molecule has 0 amide bonds. The molecule has 0 aliphatic heterocycles. The molecule has 0 radical (unpaired) electrons. The van der Waals surface area contributed by atoms with E-state index in [2.05, 4.69) is 36.1 Å². The van der Waals surface area contributed by atoms with Crippen molar-refractivity contribution >= 4 is 0 Å². The van der Waals surface area contributed by atoms with E-state index in [9.17, 15) is 0 Å². The Morgan fingerprint density at radius 1 is 1.06 bits per heavy atom. The number of aliphatic hydroxyl groups excluding tert-OH is 1. The lowest BCUT2D eigenvalue weighted by atomic mass is 9.84. The molecule has 1 N–H and O–H groups in total. The van der Waals surface area contributed by atoms with Crippen molar-refractivity contribution in [2.24, 2.45) is 0 Å². The minimum atomic E-state index is -0.0651. The highest BCUT2D eigenvalue weighted by Crippen LogP contribution is 2.32. The second-order valence-electron chi connectivity index (χ2n) is 4.42. The molecule has 1 aromatic rings. The molecule has 1 heteroatoms. The molecule has 16 heavy (non-hydrogen) atoms. The normalized spacial score (nSPS) is 16.6. The largest absolute Gasteiger partial charge is 0.384 e. The molecule has 0 unspecified atom stereocenters. The van der Waals surface area contributed by atoms with Gasteiger partial charge in [0.25, 0.3) is 0 Å². The summed E-state index contributed by atoms with van der Waals surface area (Å²) in [4.78, 5) is 0. The molecule has 0 heterocycles. The molecule has 1 saturated carbocycles. The van der Waals surface area contributed by atoms with E-state index in [1.165, 1.54) is 37.7 Å². The van der Waals surface area contributed by atoms with Crippen molar-refractivity contribution in [3.05, 3.63) is 35.4 Å². The summed E-state index contributed by atoms with van der Waals surface area (Å²) in [5, 5.41) is 8.61. The van der Waals surface area contributed by atoms with Crippen LogP contribution in [0.1, 0.15) is 49.1 Å². The Morgan fingerprint density at radius 2 is 1.75 bits per heavy atom. The van der Waals surface area contributed by atoms with Gasteiger partial charge < -0.3 is 5.11 Å². The number of hydrogen-bond acceptors (Lipinski definition) is 1. The van der Waals surface area contributed by atoms with E-state index in [4.69, 9.17) is 5.11 Å². The predicted octanol–water partition coefficient (Wildman–Crippen LogP) is 3.08. The van der Waals surface area contributed by atoms with Gasteiger partial charge in [0.2, 0.25) is 0 Å². The Morgan fingerprint density at radius 3 is 2.38 bits per heavy atom. The van der Waals surface area contributed by atoms with Crippen molar-refractivity contribution in [2.45, 2.75) is 38.0 Å². The summed E-state index contributed by atoms with van der Waals surface area (Å²) in [6, 6.07) is 8.51. The van der Waals surface area contributed by atoms with E-state index >= 15 is 0 Å². The van der Waals surface area contributed by atoms with Crippen LogP contribution in [0.2, 0.25) is 0 Å². The van der Waals surface area contributed by atoms with E-state index in [1.54, 1.807) is 0 Å². The van der Waals surface area contributed by atoms with Crippen molar-refractivity contribution in [1.82, 2.24) is 0 Å². The maximum atomic E-state index is 8.61. The third-order valence-electron chi connectivity index (χ3n) is 3.30. The summed E-state index contributed by atoms with van der Waals surface area (Å²) in [7, 11) is 0. The smallest absolute Gasteiger partial charge is 0.104 e. The highest BCUT2D eigenvalue weighted by atomic mass is 16.2. The van der Waals surface area contributed by atoms with Crippen LogP contribution in [0.15, 0.2) is 24.3 Å². The van der Waals surface area contributed by atoms with Crippen molar-refractivity contribution in [1.29, 1.82) is 0 Å². The lowest BCUT2D eigenvalue weighted by molar-refractivity contribution is 0.350. The van der Waals surface area contributed by atoms with Gasteiger partial charge in [-0.05, 0) is 36.5 Å². The van der Waals surface area contributed by atoms with E-state index < -0.39 is 0 Å². The van der Waals surface area contributed by atoms with E-state index in [0.29, 0.717) is 0 Å². The van der Waals surface area contributed by atoms with Gasteiger partial charge in [-0.3, -0.25) is 0 Å². The molecule has 0 bridgehead atoms. The van der Waals surface area contributed by atoms with Gasteiger partial charge in [0.15, 0.2) is 0 Å². The molecule has 0 spiro atoms. The Hall–Kier alpha value is -1.26. The zero-order chi connectivity index (χ0) is 11.2. The van der Waals surface area contributed by atoms with Crippen LogP contribution in [0.5, 0.6) is 0 Å². The molecular formula is C15H18O. The molecule has 1 aromatic carbocycles. The van der Waals surface area contributed by atoms with E-state index in [1.807, 2.05) is 0 Å². The summed E-state index contributed by atoms with van der Waals surface area (Å²) in [5.41, 5.74) is 2.45. The summed E-state index contributed by atoms with van der Waals surface area (Å²) in [5.74, 6) is 6.35. The molecule has 0 aromatic heterocycles. The zero-order valence-corrected chi connectivity index (χ0v) is 9.58. The molecule has 1 aliphatic carbocycles. The molecule has 1 aliphatic rings. The monoisotopic (exact) mass is 214 g/mol. The van der Waals surface area contributed by atoms with Crippen molar-refractivity contribution in [3.63, 3.8) is 0 Å². The van der Waals surface area contributed by atoms with Gasteiger partial charge in [-0.25, -0.2) is 0 Å². The first-order valence-corrected chi connectivity index (χ1v) is 6.10. The summed E-state index contributed by atoms with van der Waals surface area (Å²) >= 11 is 0. The van der Waals surface area contributed by atoms with Gasteiger partial charge in [-0.15, -0.1) is 0 Å². The minimum absolute atomic E-state index is 0.0651. The Bertz CT molecular complexity index is 374. The van der Waals surface area contributed by atoms with Crippen molar-refractivity contribution in [3.8, 4) is 11.8 Å². The van der Waals surface area contributed by atoms with Crippen LogP contribution in [-0.2, 0) is 0 Å². The average molecular weight is 214 g/mol. The van der Waals surface area contributed by atoms with Crippen LogP contribution in [0.4, 0.5) is 0 Å². The standard InChI is InChI=1S/C15H18O/c16-12-4-5-13-8-10-15(11-9-13)14-6-2-1-3-7-14/h8-11,14,16H,1-3,6-7,12H2. The number of rotatable bonds is 1. The van der Waals surface area contributed by atoms with Gasteiger partial charge in [-0.2, -0.15) is 0 Å². The molecule has 1 nitrogen and oxygen atoms in total. The molecule has 1 fully saturated rings. The first kappa shape index (κ1) is 11.2. The lowest BCUT2D eigenvalue weighted by Gasteiger charge is -2.21. The van der Waals surface area contributed by atoms with Crippen molar-refractivity contribution in [2.75, 3.05) is 6.61 Å². The average Bonchev–Trinajstić information content (AvgIpc) is 2.38. The SMILES string of the molecule is OCC#Cc1ccc(C2CCCCC2)cc1. The molecular weight excluding hydrogens is 196 g/mol. The van der Waals surface area contributed by atoms with Gasteiger partial charge in [-0.1, -0.05) is 43.2 Å². The Kier molecular flexibility index (Phi) is 4.02. The maximum Gasteiger partial charge on any atom is 0.104 e. The highest BCUT2D eigenvalue weighted by Gasteiger charge is 2.14. The van der Waals surface area contributed by atoms with Crippen LogP contribution in [-0.4, -0.2) is 11.7 Å². The van der Waals surface area contributed by atoms with Crippen LogP contribution >= 0.6 is 0 Å². The second kappa shape index (κ2) is 5.72. The number of hydrogen-bond donors (Lipinski definition) is 1. The fourth-order valence-corrected chi connectivity index (χ4v) is 2.42. The molecule has 0 saturated heterocycles. The van der Waals surface area contributed by atoms with E-state index in [-0.39, 0.29) is 6.61 Å². The van der Waals surface area contributed by atoms with Crippen LogP contribution in [0.3, 0.4) is 0 Å². The quantitative estimate of drug-likeness (QED) is 0.712. The second-order valence-corrected chi connectivity index (χ2v) is 4.42. The third-order valence-corrected chi connectivity index (χ3v) is 3.30. The fourth-order valence-electron chi connectivity index (χ4n) is 2.42. The maximum absolute atomic E-state index is 8.61. The number of benzene rings is 1. The van der Waals surface area contributed by atoms with Crippen LogP contribution < -0.4 is 0 Å². The molecule has 0 atom stereocenters. The minimum Gasteiger partial charge on any atom is -0.384 e. The summed E-state index contributed by atoms with van der Waals surface area (Å²) in [6.45, 7) is -0.0651. The van der Waals surface area contributed by atoms with Crippen molar-refractivity contribution < 1.29 is 5.11 Å². The molecule has 2 rings (SSSR count). The lowest BCUT2D eigenvalue weighted by Crippen LogP contribution is -2.04. The topological polar surface area (TPSA) is 20.2 Å². The van der Waals surface area contributed by atoms with Gasteiger partial charge in [0, 0.05) is 5.56 Å². The highest BCUT2D eigenvalue weighted by molar-refractivity contribution is 5.37. The van der Waals surface area contributed by atoms with E-state index in [0.717, 1.165) is 11.5 Å². The third kappa shape index (κ3) is 2.87.